The molecule has 0 unspecified atom stereocenters. The second kappa shape index (κ2) is 8.13. The van der Waals surface area contributed by atoms with Gasteiger partial charge in [-0.3, -0.25) is 0 Å². The highest BCUT2D eigenvalue weighted by Crippen LogP contribution is 2.25. The van der Waals surface area contributed by atoms with Crippen molar-refractivity contribution in [1.29, 1.82) is 0 Å². The predicted molar refractivity (Wildman–Crippen MR) is 94.1 cm³/mol. The van der Waals surface area contributed by atoms with E-state index in [9.17, 15) is 13.5 Å². The number of aliphatic hydroxyl groups excluding tert-OH is 1. The zero-order chi connectivity index (χ0) is 16.9. The maximum Gasteiger partial charge on any atom is 0.211 e. The van der Waals surface area contributed by atoms with E-state index in [1.807, 2.05) is 18.2 Å². The molecule has 1 aliphatic rings. The van der Waals surface area contributed by atoms with Gasteiger partial charge in [0, 0.05) is 25.3 Å². The van der Waals surface area contributed by atoms with Crippen molar-refractivity contribution in [2.75, 3.05) is 37.4 Å². The zero-order valence-corrected chi connectivity index (χ0v) is 14.9. The highest BCUT2D eigenvalue weighted by molar-refractivity contribution is 7.88. The Morgan fingerprint density at radius 1 is 1.35 bits per heavy atom. The third kappa shape index (κ3) is 4.93. The lowest BCUT2D eigenvalue weighted by Gasteiger charge is -2.38. The Balaban J connectivity index is 2.14. The summed E-state index contributed by atoms with van der Waals surface area (Å²) in [6, 6.07) is 10.1. The Labute approximate surface area is 140 Å². The molecular formula is C17H28N2O3S. The summed E-state index contributed by atoms with van der Waals surface area (Å²) in [5.41, 5.74) is 1.09. The molecule has 1 aliphatic heterocycles. The van der Waals surface area contributed by atoms with Crippen molar-refractivity contribution in [2.24, 2.45) is 5.92 Å². The number of sulfonamides is 1. The predicted octanol–water partition coefficient (Wildman–Crippen LogP) is 1.94. The molecule has 0 aromatic heterocycles. The standard InChI is InChI=1S/C17H28N2O3S/c1-3-16(14-20)19(17-9-5-4-6-10-17)13-15-8-7-11-18(12-15)23(2,21)22/h4-6,9-10,15-16,20H,3,7-8,11-14H2,1-2H3/t15-,16-/m0/s1. The number of anilines is 1. The van der Waals surface area contributed by atoms with Crippen LogP contribution in [0.4, 0.5) is 5.69 Å². The summed E-state index contributed by atoms with van der Waals surface area (Å²) in [7, 11) is -3.13. The molecule has 2 rings (SSSR count). The Morgan fingerprint density at radius 2 is 2.04 bits per heavy atom. The maximum atomic E-state index is 11.8. The van der Waals surface area contributed by atoms with Crippen molar-refractivity contribution in [3.8, 4) is 0 Å². The van der Waals surface area contributed by atoms with Crippen LogP contribution in [-0.4, -0.2) is 56.4 Å². The van der Waals surface area contributed by atoms with Gasteiger partial charge in [0.15, 0.2) is 0 Å². The van der Waals surface area contributed by atoms with E-state index in [0.717, 1.165) is 31.5 Å². The summed E-state index contributed by atoms with van der Waals surface area (Å²) in [6.07, 6.45) is 4.06. The maximum absolute atomic E-state index is 11.8. The lowest BCUT2D eigenvalue weighted by molar-refractivity contribution is 0.234. The van der Waals surface area contributed by atoms with Crippen LogP contribution in [0.1, 0.15) is 26.2 Å². The van der Waals surface area contributed by atoms with Crippen molar-refractivity contribution >= 4 is 15.7 Å². The largest absolute Gasteiger partial charge is 0.394 e. The number of nitrogens with zero attached hydrogens (tertiary/aromatic N) is 2. The third-order valence-corrected chi connectivity index (χ3v) is 5.89. The van der Waals surface area contributed by atoms with Crippen LogP contribution in [0.25, 0.3) is 0 Å². The molecule has 0 amide bonds. The molecule has 1 fully saturated rings. The zero-order valence-electron chi connectivity index (χ0n) is 14.1. The molecule has 0 spiro atoms. The average molecular weight is 340 g/mol. The fourth-order valence-electron chi connectivity index (χ4n) is 3.29. The Bertz CT molecular complexity index is 573. The monoisotopic (exact) mass is 340 g/mol. The van der Waals surface area contributed by atoms with Gasteiger partial charge in [0.2, 0.25) is 10.0 Å². The number of hydrogen-bond donors (Lipinski definition) is 1. The van der Waals surface area contributed by atoms with Crippen LogP contribution in [0.5, 0.6) is 0 Å². The van der Waals surface area contributed by atoms with E-state index >= 15 is 0 Å². The van der Waals surface area contributed by atoms with Crippen molar-refractivity contribution < 1.29 is 13.5 Å². The minimum absolute atomic E-state index is 0.0611. The number of rotatable bonds is 7. The summed E-state index contributed by atoms with van der Waals surface area (Å²) in [6.45, 7) is 4.14. The van der Waals surface area contributed by atoms with Crippen LogP contribution < -0.4 is 4.90 Å². The molecule has 0 aliphatic carbocycles. The second-order valence-electron chi connectivity index (χ2n) is 6.36. The van der Waals surface area contributed by atoms with Gasteiger partial charge in [-0.1, -0.05) is 25.1 Å². The molecule has 0 saturated carbocycles. The second-order valence-corrected chi connectivity index (χ2v) is 8.34. The van der Waals surface area contributed by atoms with Gasteiger partial charge in [-0.05, 0) is 37.3 Å². The van der Waals surface area contributed by atoms with Gasteiger partial charge in [-0.25, -0.2) is 12.7 Å². The van der Waals surface area contributed by atoms with E-state index < -0.39 is 10.0 Å². The number of piperidine rings is 1. The van der Waals surface area contributed by atoms with E-state index in [0.29, 0.717) is 19.0 Å². The molecule has 1 saturated heterocycles. The highest BCUT2D eigenvalue weighted by atomic mass is 32.2. The highest BCUT2D eigenvalue weighted by Gasteiger charge is 2.28. The first-order valence-electron chi connectivity index (χ1n) is 8.33. The van der Waals surface area contributed by atoms with E-state index in [2.05, 4.69) is 24.0 Å². The van der Waals surface area contributed by atoms with E-state index in [4.69, 9.17) is 0 Å². The van der Waals surface area contributed by atoms with Gasteiger partial charge < -0.3 is 10.0 Å². The molecule has 1 aromatic carbocycles. The van der Waals surface area contributed by atoms with Crippen LogP contribution in [0.2, 0.25) is 0 Å². The molecule has 2 atom stereocenters. The summed E-state index contributed by atoms with van der Waals surface area (Å²) in [5, 5.41) is 9.72. The topological polar surface area (TPSA) is 60.9 Å². The number of hydrogen-bond acceptors (Lipinski definition) is 4. The van der Waals surface area contributed by atoms with Crippen LogP contribution >= 0.6 is 0 Å². The lowest BCUT2D eigenvalue weighted by atomic mass is 9.97. The molecular weight excluding hydrogens is 312 g/mol. The molecule has 0 radical (unpaired) electrons. The van der Waals surface area contributed by atoms with Gasteiger partial charge in [0.1, 0.15) is 0 Å². The van der Waals surface area contributed by atoms with E-state index in [-0.39, 0.29) is 12.6 Å². The normalized spacial score (nSPS) is 21.1. The van der Waals surface area contributed by atoms with Gasteiger partial charge in [-0.2, -0.15) is 0 Å². The SMILES string of the molecule is CC[C@@H](CO)N(C[C@H]1CCCN(S(C)(=O)=O)C1)c1ccccc1. The van der Waals surface area contributed by atoms with Gasteiger partial charge in [0.25, 0.3) is 0 Å². The molecule has 23 heavy (non-hydrogen) atoms. The Kier molecular flexibility index (Phi) is 6.44. The van der Waals surface area contributed by atoms with Crippen LogP contribution in [0.3, 0.4) is 0 Å². The molecule has 1 heterocycles. The minimum atomic E-state index is -3.13. The van der Waals surface area contributed by atoms with Crippen molar-refractivity contribution in [3.05, 3.63) is 30.3 Å². The van der Waals surface area contributed by atoms with E-state index in [1.165, 1.54) is 6.26 Å². The minimum Gasteiger partial charge on any atom is -0.394 e. The molecule has 130 valence electrons. The summed E-state index contributed by atoms with van der Waals surface area (Å²) < 4.78 is 25.2. The molecule has 1 aromatic rings. The first-order chi connectivity index (χ1) is 11.0. The third-order valence-electron chi connectivity index (χ3n) is 4.62. The summed E-state index contributed by atoms with van der Waals surface area (Å²) in [5.74, 6) is 0.291. The first kappa shape index (κ1) is 18.2. The number of benzene rings is 1. The first-order valence-corrected chi connectivity index (χ1v) is 10.2. The molecule has 6 heteroatoms. The van der Waals surface area contributed by atoms with Crippen molar-refractivity contribution in [2.45, 2.75) is 32.2 Å². The lowest BCUT2D eigenvalue weighted by Crippen LogP contribution is -2.46. The van der Waals surface area contributed by atoms with E-state index in [1.54, 1.807) is 4.31 Å². The molecule has 1 N–H and O–H groups in total. The smallest absolute Gasteiger partial charge is 0.211 e. The van der Waals surface area contributed by atoms with Gasteiger partial charge >= 0.3 is 0 Å². The van der Waals surface area contributed by atoms with Crippen LogP contribution in [0.15, 0.2) is 30.3 Å². The summed E-state index contributed by atoms with van der Waals surface area (Å²) in [4.78, 5) is 2.23. The number of para-hydroxylation sites is 1. The van der Waals surface area contributed by atoms with Gasteiger partial charge in [0.05, 0.1) is 18.9 Å². The van der Waals surface area contributed by atoms with Gasteiger partial charge in [-0.15, -0.1) is 0 Å². The summed E-state index contributed by atoms with van der Waals surface area (Å²) >= 11 is 0. The van der Waals surface area contributed by atoms with Crippen LogP contribution in [-0.2, 0) is 10.0 Å². The van der Waals surface area contributed by atoms with Crippen molar-refractivity contribution in [3.63, 3.8) is 0 Å². The van der Waals surface area contributed by atoms with Crippen molar-refractivity contribution in [1.82, 2.24) is 4.31 Å². The average Bonchev–Trinajstić information content (AvgIpc) is 2.55. The Morgan fingerprint density at radius 3 is 2.61 bits per heavy atom. The molecule has 5 nitrogen and oxygen atoms in total. The molecule has 0 bridgehead atoms. The fourth-order valence-corrected chi connectivity index (χ4v) is 4.23. The Hall–Kier alpha value is -1.11. The fraction of sp³-hybridized carbons (Fsp3) is 0.647. The number of aliphatic hydroxyl groups is 1. The quantitative estimate of drug-likeness (QED) is 0.824. The van der Waals surface area contributed by atoms with Crippen LogP contribution in [0, 0.1) is 5.92 Å².